The molecule has 27 heavy (non-hydrogen) atoms. The highest BCUT2D eigenvalue weighted by Crippen LogP contribution is 2.21. The van der Waals surface area contributed by atoms with E-state index in [2.05, 4.69) is 10.6 Å². The first-order chi connectivity index (χ1) is 13.0. The van der Waals surface area contributed by atoms with Crippen LogP contribution in [0.4, 0.5) is 5.69 Å². The number of nitro groups is 1. The molecule has 1 aromatic rings. The minimum Gasteiger partial charge on any atom is -0.329 e. The lowest BCUT2D eigenvalue weighted by Gasteiger charge is -2.27. The fourth-order valence-electron chi connectivity index (χ4n) is 3.26. The summed E-state index contributed by atoms with van der Waals surface area (Å²) in [6.07, 6.45) is 2.57. The summed E-state index contributed by atoms with van der Waals surface area (Å²) in [4.78, 5) is 10.5. The van der Waals surface area contributed by atoms with E-state index in [0.29, 0.717) is 32.1 Å². The molecule has 0 aliphatic heterocycles. The van der Waals surface area contributed by atoms with Gasteiger partial charge in [-0.15, -0.1) is 0 Å². The molecule has 0 amide bonds. The molecule has 1 aromatic carbocycles. The van der Waals surface area contributed by atoms with Crippen molar-refractivity contribution in [1.29, 1.82) is 0 Å². The Morgan fingerprint density at radius 1 is 0.889 bits per heavy atom. The summed E-state index contributed by atoms with van der Waals surface area (Å²) in [5.74, 6) is 0.323. The zero-order valence-corrected chi connectivity index (χ0v) is 16.0. The summed E-state index contributed by atoms with van der Waals surface area (Å²) in [5, 5.41) is 17.6. The zero-order chi connectivity index (χ0) is 20.1. The van der Waals surface area contributed by atoms with Gasteiger partial charge in [-0.2, -0.15) is 0 Å². The molecule has 0 saturated carbocycles. The van der Waals surface area contributed by atoms with Crippen LogP contribution in [0.1, 0.15) is 18.4 Å². The van der Waals surface area contributed by atoms with Gasteiger partial charge in [-0.1, -0.05) is 12.1 Å². The molecule has 0 radical (unpaired) electrons. The van der Waals surface area contributed by atoms with Crippen LogP contribution in [-0.2, 0) is 6.42 Å². The molecule has 0 aliphatic carbocycles. The number of benzene rings is 1. The lowest BCUT2D eigenvalue weighted by atomic mass is 9.87. The molecule has 1 rings (SSSR count). The number of nitrogens with zero attached hydrogens (tertiary/aromatic N) is 1. The summed E-state index contributed by atoms with van der Waals surface area (Å²) in [5.41, 5.74) is 24.2. The highest BCUT2D eigenvalue weighted by Gasteiger charge is 2.20. The Bertz CT molecular complexity index is 509. The van der Waals surface area contributed by atoms with Crippen LogP contribution in [0.2, 0.25) is 0 Å². The Hall–Kier alpha value is -1.62. The van der Waals surface area contributed by atoms with Crippen molar-refractivity contribution in [2.24, 2.45) is 28.9 Å². The summed E-state index contributed by atoms with van der Waals surface area (Å²) < 4.78 is 0. The molecule has 0 saturated heterocycles. The second kappa shape index (κ2) is 13.5. The van der Waals surface area contributed by atoms with E-state index in [1.807, 2.05) is 12.1 Å². The molecule has 0 spiro atoms. The maximum Gasteiger partial charge on any atom is 0.269 e. The molecule has 0 heterocycles. The Morgan fingerprint density at radius 2 is 1.37 bits per heavy atom. The molecule has 0 bridgehead atoms. The van der Waals surface area contributed by atoms with Crippen molar-refractivity contribution in [2.75, 3.05) is 39.3 Å². The highest BCUT2D eigenvalue weighted by atomic mass is 16.6. The average Bonchev–Trinajstić information content (AvgIpc) is 2.68. The van der Waals surface area contributed by atoms with Crippen LogP contribution in [0.5, 0.6) is 0 Å². The first-order valence-corrected chi connectivity index (χ1v) is 9.54. The van der Waals surface area contributed by atoms with E-state index in [1.54, 1.807) is 12.1 Å². The minimum atomic E-state index is -0.385. The molecule has 10 N–H and O–H groups in total. The fourth-order valence-corrected chi connectivity index (χ4v) is 3.26. The van der Waals surface area contributed by atoms with Crippen LogP contribution in [0.3, 0.4) is 0 Å². The molecule has 2 unspecified atom stereocenters. The van der Waals surface area contributed by atoms with Crippen LogP contribution < -0.4 is 33.6 Å². The number of nitrogens with two attached hydrogens (primary N) is 4. The first-order valence-electron chi connectivity index (χ1n) is 9.54. The first kappa shape index (κ1) is 23.4. The van der Waals surface area contributed by atoms with Gasteiger partial charge in [0.1, 0.15) is 0 Å². The van der Waals surface area contributed by atoms with Crippen molar-refractivity contribution in [2.45, 2.75) is 31.3 Å². The van der Waals surface area contributed by atoms with E-state index in [4.69, 9.17) is 22.9 Å². The number of nitro benzene ring substituents is 1. The molecule has 9 heteroatoms. The van der Waals surface area contributed by atoms with Gasteiger partial charge in [0.2, 0.25) is 0 Å². The van der Waals surface area contributed by atoms with Gasteiger partial charge in [0.15, 0.2) is 0 Å². The summed E-state index contributed by atoms with van der Waals surface area (Å²) in [6.45, 7) is 3.62. The second-order valence-electron chi connectivity index (χ2n) is 6.82. The SMILES string of the molecule is NCCNC(CN)CC(Cc1ccc([N+](=O)[O-])cc1)CC(CN)NCCN. The number of rotatable bonds is 15. The van der Waals surface area contributed by atoms with E-state index >= 15 is 0 Å². The van der Waals surface area contributed by atoms with Crippen LogP contribution in [0.15, 0.2) is 24.3 Å². The van der Waals surface area contributed by atoms with E-state index in [1.165, 1.54) is 0 Å². The largest absolute Gasteiger partial charge is 0.329 e. The fraction of sp³-hybridized carbons (Fsp3) is 0.667. The monoisotopic (exact) mass is 381 g/mol. The normalized spacial score (nSPS) is 14.7. The number of nitrogens with one attached hydrogen (secondary N) is 2. The van der Waals surface area contributed by atoms with Gasteiger partial charge in [0, 0.05) is 63.5 Å². The predicted octanol–water partition coefficient (Wildman–Crippen LogP) is -0.715. The third-order valence-corrected chi connectivity index (χ3v) is 4.63. The van der Waals surface area contributed by atoms with Gasteiger partial charge in [0.05, 0.1) is 4.92 Å². The third-order valence-electron chi connectivity index (χ3n) is 4.63. The van der Waals surface area contributed by atoms with Crippen molar-refractivity contribution < 1.29 is 4.92 Å². The van der Waals surface area contributed by atoms with Crippen molar-refractivity contribution >= 4 is 5.69 Å². The van der Waals surface area contributed by atoms with Gasteiger partial charge >= 0.3 is 0 Å². The third kappa shape index (κ3) is 9.23. The maximum absolute atomic E-state index is 10.8. The number of hydrogen-bond acceptors (Lipinski definition) is 8. The average molecular weight is 382 g/mol. The van der Waals surface area contributed by atoms with Crippen LogP contribution in [0.25, 0.3) is 0 Å². The lowest BCUT2D eigenvalue weighted by molar-refractivity contribution is -0.384. The molecule has 2 atom stereocenters. The van der Waals surface area contributed by atoms with Gasteiger partial charge in [-0.25, -0.2) is 0 Å². The van der Waals surface area contributed by atoms with Gasteiger partial charge in [-0.3, -0.25) is 10.1 Å². The van der Waals surface area contributed by atoms with Crippen LogP contribution >= 0.6 is 0 Å². The van der Waals surface area contributed by atoms with Gasteiger partial charge in [-0.05, 0) is 30.7 Å². The zero-order valence-electron chi connectivity index (χ0n) is 16.0. The van der Waals surface area contributed by atoms with Gasteiger partial charge in [0.25, 0.3) is 5.69 Å². The standard InChI is InChI=1S/C18H35N7O2/c19-5-7-23-16(12-21)10-15(11-17(13-22)24-8-6-20)9-14-1-3-18(4-2-14)25(26)27/h1-4,15-17,23-24H,5-13,19-22H2. The van der Waals surface area contributed by atoms with Gasteiger partial charge < -0.3 is 33.6 Å². The Balaban J connectivity index is 2.82. The second-order valence-corrected chi connectivity index (χ2v) is 6.82. The smallest absolute Gasteiger partial charge is 0.269 e. The van der Waals surface area contributed by atoms with Crippen molar-refractivity contribution in [3.63, 3.8) is 0 Å². The lowest BCUT2D eigenvalue weighted by Crippen LogP contribution is -2.43. The molecule has 154 valence electrons. The van der Waals surface area contributed by atoms with Crippen molar-refractivity contribution in [1.82, 2.24) is 10.6 Å². The Labute approximate surface area is 161 Å². The number of non-ortho nitro benzene ring substituents is 1. The van der Waals surface area contributed by atoms with E-state index in [-0.39, 0.29) is 22.7 Å². The summed E-state index contributed by atoms with van der Waals surface area (Å²) >= 11 is 0. The summed E-state index contributed by atoms with van der Waals surface area (Å²) in [7, 11) is 0. The maximum atomic E-state index is 10.8. The molecule has 0 aliphatic rings. The molecular weight excluding hydrogens is 346 g/mol. The summed E-state index contributed by atoms with van der Waals surface area (Å²) in [6, 6.07) is 7.08. The van der Waals surface area contributed by atoms with Crippen molar-refractivity contribution in [3.05, 3.63) is 39.9 Å². The molecule has 0 aromatic heterocycles. The highest BCUT2D eigenvalue weighted by molar-refractivity contribution is 5.33. The molecule has 0 fully saturated rings. The Morgan fingerprint density at radius 3 is 1.74 bits per heavy atom. The topological polar surface area (TPSA) is 171 Å². The Kier molecular flexibility index (Phi) is 11.7. The van der Waals surface area contributed by atoms with Crippen molar-refractivity contribution in [3.8, 4) is 0 Å². The number of hydrogen-bond donors (Lipinski definition) is 6. The molecular formula is C18H35N7O2. The molecule has 9 nitrogen and oxygen atoms in total. The minimum absolute atomic E-state index is 0.101. The van der Waals surface area contributed by atoms with E-state index < -0.39 is 0 Å². The quantitative estimate of drug-likeness (QED) is 0.171. The van der Waals surface area contributed by atoms with E-state index in [9.17, 15) is 10.1 Å². The predicted molar refractivity (Wildman–Crippen MR) is 109 cm³/mol. The van der Waals surface area contributed by atoms with Crippen LogP contribution in [0, 0.1) is 16.0 Å². The van der Waals surface area contributed by atoms with Crippen LogP contribution in [-0.4, -0.2) is 56.3 Å². The van der Waals surface area contributed by atoms with E-state index in [0.717, 1.165) is 37.9 Å².